The molecule has 0 unspecified atom stereocenters. The van der Waals surface area contributed by atoms with E-state index in [9.17, 15) is 4.79 Å². The number of rotatable bonds is 3. The summed E-state index contributed by atoms with van der Waals surface area (Å²) < 4.78 is 6.63. The summed E-state index contributed by atoms with van der Waals surface area (Å²) in [6.45, 7) is 5.16. The van der Waals surface area contributed by atoms with Gasteiger partial charge in [-0.05, 0) is 20.8 Å². The molecule has 2 rings (SSSR count). The standard InChI is InChI=1S/C12H14N4O2/c1-7-5-11(18-4)15-12(14-7)16-8(2)10(6-13-16)9(3)17/h5-6H,1-4H3. The molecule has 18 heavy (non-hydrogen) atoms. The predicted octanol–water partition coefficient (Wildman–Crippen LogP) is 1.49. The zero-order chi connectivity index (χ0) is 13.3. The van der Waals surface area contributed by atoms with Gasteiger partial charge in [0, 0.05) is 11.8 Å². The van der Waals surface area contributed by atoms with Crippen molar-refractivity contribution in [2.24, 2.45) is 0 Å². The van der Waals surface area contributed by atoms with Crippen LogP contribution in [0.3, 0.4) is 0 Å². The minimum absolute atomic E-state index is 0.0293. The lowest BCUT2D eigenvalue weighted by atomic mass is 10.2. The molecule has 0 aliphatic rings. The van der Waals surface area contributed by atoms with Gasteiger partial charge in [-0.25, -0.2) is 9.67 Å². The third-order valence-electron chi connectivity index (χ3n) is 2.61. The summed E-state index contributed by atoms with van der Waals surface area (Å²) in [7, 11) is 1.54. The van der Waals surface area contributed by atoms with E-state index in [0.717, 1.165) is 11.4 Å². The fourth-order valence-electron chi connectivity index (χ4n) is 1.68. The van der Waals surface area contributed by atoms with E-state index in [0.29, 0.717) is 17.4 Å². The average molecular weight is 246 g/mol. The summed E-state index contributed by atoms with van der Waals surface area (Å²) >= 11 is 0. The molecule has 0 N–H and O–H groups in total. The highest BCUT2D eigenvalue weighted by Gasteiger charge is 2.14. The van der Waals surface area contributed by atoms with Crippen molar-refractivity contribution in [3.8, 4) is 11.8 Å². The number of aryl methyl sites for hydroxylation is 1. The van der Waals surface area contributed by atoms with Crippen LogP contribution in [0.1, 0.15) is 28.7 Å². The molecule has 0 fully saturated rings. The van der Waals surface area contributed by atoms with Gasteiger partial charge in [-0.2, -0.15) is 10.1 Å². The predicted molar refractivity (Wildman–Crippen MR) is 65.2 cm³/mol. The molecule has 0 saturated heterocycles. The molecule has 0 spiro atoms. The van der Waals surface area contributed by atoms with Gasteiger partial charge in [-0.1, -0.05) is 0 Å². The highest BCUT2D eigenvalue weighted by atomic mass is 16.5. The van der Waals surface area contributed by atoms with Gasteiger partial charge in [0.05, 0.1) is 24.6 Å². The van der Waals surface area contributed by atoms with Crippen molar-refractivity contribution in [1.29, 1.82) is 0 Å². The lowest BCUT2D eigenvalue weighted by Crippen LogP contribution is -2.07. The van der Waals surface area contributed by atoms with E-state index in [-0.39, 0.29) is 5.78 Å². The minimum atomic E-state index is -0.0293. The Balaban J connectivity index is 2.55. The van der Waals surface area contributed by atoms with E-state index in [4.69, 9.17) is 4.74 Å². The average Bonchev–Trinajstić information content (AvgIpc) is 2.70. The highest BCUT2D eigenvalue weighted by molar-refractivity contribution is 5.94. The third kappa shape index (κ3) is 2.09. The van der Waals surface area contributed by atoms with Crippen LogP contribution in [-0.4, -0.2) is 32.6 Å². The molecule has 2 aromatic heterocycles. The lowest BCUT2D eigenvalue weighted by Gasteiger charge is -2.06. The normalized spacial score (nSPS) is 10.4. The van der Waals surface area contributed by atoms with Crippen molar-refractivity contribution in [2.75, 3.05) is 7.11 Å². The number of ether oxygens (including phenoxy) is 1. The highest BCUT2D eigenvalue weighted by Crippen LogP contribution is 2.15. The first-order valence-electron chi connectivity index (χ1n) is 5.48. The van der Waals surface area contributed by atoms with Gasteiger partial charge in [0.2, 0.25) is 5.88 Å². The number of carbonyl (C=O) groups excluding carboxylic acids is 1. The molecule has 0 aliphatic heterocycles. The number of hydrogen-bond acceptors (Lipinski definition) is 5. The number of hydrogen-bond donors (Lipinski definition) is 0. The number of ketones is 1. The molecular formula is C12H14N4O2. The van der Waals surface area contributed by atoms with Gasteiger partial charge in [0.1, 0.15) is 0 Å². The summed E-state index contributed by atoms with van der Waals surface area (Å²) in [6.07, 6.45) is 1.52. The second-order valence-corrected chi connectivity index (χ2v) is 3.96. The van der Waals surface area contributed by atoms with E-state index in [2.05, 4.69) is 15.1 Å². The van der Waals surface area contributed by atoms with Crippen LogP contribution in [0.5, 0.6) is 5.88 Å². The first-order valence-corrected chi connectivity index (χ1v) is 5.48. The van der Waals surface area contributed by atoms with Gasteiger partial charge >= 0.3 is 0 Å². The van der Waals surface area contributed by atoms with Gasteiger partial charge in [-0.15, -0.1) is 0 Å². The van der Waals surface area contributed by atoms with Gasteiger partial charge < -0.3 is 4.74 Å². The van der Waals surface area contributed by atoms with Crippen LogP contribution >= 0.6 is 0 Å². The fourth-order valence-corrected chi connectivity index (χ4v) is 1.68. The minimum Gasteiger partial charge on any atom is -0.481 e. The Morgan fingerprint density at radius 2 is 2.06 bits per heavy atom. The topological polar surface area (TPSA) is 69.9 Å². The van der Waals surface area contributed by atoms with Crippen LogP contribution in [0.15, 0.2) is 12.3 Å². The SMILES string of the molecule is COc1cc(C)nc(-n2ncc(C(C)=O)c2C)n1. The van der Waals surface area contributed by atoms with Crippen molar-refractivity contribution in [2.45, 2.75) is 20.8 Å². The molecule has 6 heteroatoms. The molecule has 0 aliphatic carbocycles. The van der Waals surface area contributed by atoms with Crippen molar-refractivity contribution >= 4 is 5.78 Å². The van der Waals surface area contributed by atoms with Gasteiger partial charge in [-0.3, -0.25) is 4.79 Å². The Labute approximate surface area is 105 Å². The molecular weight excluding hydrogens is 232 g/mol. The molecule has 0 saturated carbocycles. The van der Waals surface area contributed by atoms with Crippen LogP contribution in [-0.2, 0) is 0 Å². The Morgan fingerprint density at radius 1 is 1.33 bits per heavy atom. The number of aromatic nitrogens is 4. The maximum atomic E-state index is 11.4. The third-order valence-corrected chi connectivity index (χ3v) is 2.61. The molecule has 2 aromatic rings. The van der Waals surface area contributed by atoms with E-state index in [1.165, 1.54) is 17.8 Å². The van der Waals surface area contributed by atoms with Crippen molar-refractivity contribution in [1.82, 2.24) is 19.7 Å². The van der Waals surface area contributed by atoms with E-state index in [1.807, 2.05) is 13.8 Å². The molecule has 0 radical (unpaired) electrons. The summed E-state index contributed by atoms with van der Waals surface area (Å²) in [5.74, 6) is 0.840. The second kappa shape index (κ2) is 4.56. The molecule has 6 nitrogen and oxygen atoms in total. The largest absolute Gasteiger partial charge is 0.481 e. The van der Waals surface area contributed by atoms with Gasteiger partial charge in [0.15, 0.2) is 5.78 Å². The van der Waals surface area contributed by atoms with Crippen LogP contribution in [0.25, 0.3) is 5.95 Å². The van der Waals surface area contributed by atoms with Crippen LogP contribution in [0.4, 0.5) is 0 Å². The fraction of sp³-hybridized carbons (Fsp3) is 0.333. The summed E-state index contributed by atoms with van der Waals surface area (Å²) in [4.78, 5) is 19.9. The Morgan fingerprint density at radius 3 is 2.61 bits per heavy atom. The smallest absolute Gasteiger partial charge is 0.254 e. The monoisotopic (exact) mass is 246 g/mol. The quantitative estimate of drug-likeness (QED) is 0.767. The first-order chi connectivity index (χ1) is 8.52. The van der Waals surface area contributed by atoms with Crippen molar-refractivity contribution in [3.63, 3.8) is 0 Å². The number of Topliss-reactive ketones (excluding diaryl/α,β-unsaturated/α-hetero) is 1. The molecule has 0 amide bonds. The lowest BCUT2D eigenvalue weighted by molar-refractivity contribution is 0.101. The molecule has 0 aromatic carbocycles. The second-order valence-electron chi connectivity index (χ2n) is 3.96. The summed E-state index contributed by atoms with van der Waals surface area (Å²) in [5, 5.41) is 4.14. The maximum absolute atomic E-state index is 11.4. The Hall–Kier alpha value is -2.24. The Bertz CT molecular complexity index is 604. The van der Waals surface area contributed by atoms with E-state index in [1.54, 1.807) is 13.2 Å². The van der Waals surface area contributed by atoms with Crippen LogP contribution < -0.4 is 4.74 Å². The maximum Gasteiger partial charge on any atom is 0.254 e. The van der Waals surface area contributed by atoms with E-state index < -0.39 is 0 Å². The summed E-state index contributed by atoms with van der Waals surface area (Å²) in [6, 6.07) is 1.73. The number of methoxy groups -OCH3 is 1. The van der Waals surface area contributed by atoms with Gasteiger partial charge in [0.25, 0.3) is 5.95 Å². The first kappa shape index (κ1) is 12.2. The molecule has 2 heterocycles. The molecule has 0 atom stereocenters. The molecule has 94 valence electrons. The van der Waals surface area contributed by atoms with E-state index >= 15 is 0 Å². The number of nitrogens with zero attached hydrogens (tertiary/aromatic N) is 4. The molecule has 0 bridgehead atoms. The number of carbonyl (C=O) groups is 1. The zero-order valence-electron chi connectivity index (χ0n) is 10.8. The van der Waals surface area contributed by atoms with Crippen LogP contribution in [0, 0.1) is 13.8 Å². The van der Waals surface area contributed by atoms with Crippen LogP contribution in [0.2, 0.25) is 0 Å². The zero-order valence-corrected chi connectivity index (χ0v) is 10.8. The van der Waals surface area contributed by atoms with Crippen molar-refractivity contribution in [3.05, 3.63) is 29.2 Å². The Kier molecular flexibility index (Phi) is 3.10. The van der Waals surface area contributed by atoms with Crippen molar-refractivity contribution < 1.29 is 9.53 Å². The summed E-state index contributed by atoms with van der Waals surface area (Å²) in [5.41, 5.74) is 2.06.